The Morgan fingerprint density at radius 2 is 1.37 bits per heavy atom. The number of methoxy groups -OCH3 is 1. The van der Waals surface area contributed by atoms with Crippen LogP contribution in [0.15, 0.2) is 24.3 Å². The average Bonchev–Trinajstić information content (AvgIpc) is 3.04. The van der Waals surface area contributed by atoms with Crippen LogP contribution in [0.25, 0.3) is 0 Å². The number of nitrogens with one attached hydrogen (secondary N) is 1. The molecule has 0 aromatic heterocycles. The molecule has 0 unspecified atom stereocenters. The molecule has 1 saturated carbocycles. The molecule has 0 radical (unpaired) electrons. The van der Waals surface area contributed by atoms with Gasteiger partial charge in [-0.1, -0.05) is 25.7 Å². The van der Waals surface area contributed by atoms with Crippen LogP contribution in [0, 0.1) is 0 Å². The molecule has 3 fully saturated rings. The first kappa shape index (κ1) is 19.0. The zero-order valence-corrected chi connectivity index (χ0v) is 16.9. The number of benzene rings is 1. The SMILES string of the molecule is COc1ccc(N2CN(C3CCCCCC3)CN(C3CCNCC3)C2)cc1. The molecule has 1 aromatic carbocycles. The van der Waals surface area contributed by atoms with Gasteiger partial charge in [-0.25, -0.2) is 0 Å². The summed E-state index contributed by atoms with van der Waals surface area (Å²) in [6, 6.07) is 10.1. The lowest BCUT2D eigenvalue weighted by molar-refractivity contribution is 0.0136. The van der Waals surface area contributed by atoms with Crippen molar-refractivity contribution in [2.24, 2.45) is 0 Å². The van der Waals surface area contributed by atoms with Gasteiger partial charge in [0.15, 0.2) is 0 Å². The number of hydrogen-bond acceptors (Lipinski definition) is 5. The van der Waals surface area contributed by atoms with Crippen molar-refractivity contribution in [1.82, 2.24) is 15.1 Å². The van der Waals surface area contributed by atoms with E-state index in [0.29, 0.717) is 6.04 Å². The molecule has 0 spiro atoms. The van der Waals surface area contributed by atoms with Gasteiger partial charge in [0.2, 0.25) is 0 Å². The van der Waals surface area contributed by atoms with Crippen LogP contribution in [0.4, 0.5) is 5.69 Å². The van der Waals surface area contributed by atoms with Gasteiger partial charge in [0, 0.05) is 17.8 Å². The van der Waals surface area contributed by atoms with Gasteiger partial charge in [0.25, 0.3) is 0 Å². The lowest BCUT2D eigenvalue weighted by atomic mass is 10.0. The Morgan fingerprint density at radius 3 is 1.96 bits per heavy atom. The minimum absolute atomic E-state index is 0.709. The zero-order valence-electron chi connectivity index (χ0n) is 16.9. The monoisotopic (exact) mass is 372 g/mol. The van der Waals surface area contributed by atoms with E-state index in [9.17, 15) is 0 Å². The van der Waals surface area contributed by atoms with Crippen molar-refractivity contribution >= 4 is 5.69 Å². The van der Waals surface area contributed by atoms with Crippen molar-refractivity contribution in [3.8, 4) is 5.75 Å². The topological polar surface area (TPSA) is 31.0 Å². The summed E-state index contributed by atoms with van der Waals surface area (Å²) in [5.74, 6) is 0.937. The fourth-order valence-electron chi connectivity index (χ4n) is 5.02. The molecule has 0 amide bonds. The summed E-state index contributed by atoms with van der Waals surface area (Å²) in [6.07, 6.45) is 10.9. The molecule has 27 heavy (non-hydrogen) atoms. The van der Waals surface area contributed by atoms with E-state index in [2.05, 4.69) is 44.3 Å². The van der Waals surface area contributed by atoms with Gasteiger partial charge in [0.05, 0.1) is 27.1 Å². The molecule has 0 atom stereocenters. The van der Waals surface area contributed by atoms with Crippen LogP contribution in [-0.2, 0) is 0 Å². The Labute approximate surface area is 164 Å². The largest absolute Gasteiger partial charge is 0.497 e. The van der Waals surface area contributed by atoms with Gasteiger partial charge in [-0.15, -0.1) is 0 Å². The predicted octanol–water partition coefficient (Wildman–Crippen LogP) is 3.47. The summed E-state index contributed by atoms with van der Waals surface area (Å²) < 4.78 is 5.36. The first-order valence-corrected chi connectivity index (χ1v) is 10.9. The van der Waals surface area contributed by atoms with Gasteiger partial charge in [-0.3, -0.25) is 9.80 Å². The first-order valence-electron chi connectivity index (χ1n) is 10.9. The van der Waals surface area contributed by atoms with Crippen LogP contribution >= 0.6 is 0 Å². The van der Waals surface area contributed by atoms with Gasteiger partial charge < -0.3 is 15.0 Å². The molecular weight excluding hydrogens is 336 g/mol. The summed E-state index contributed by atoms with van der Waals surface area (Å²) >= 11 is 0. The number of piperidine rings is 1. The van der Waals surface area contributed by atoms with Crippen molar-refractivity contribution in [3.05, 3.63) is 24.3 Å². The van der Waals surface area contributed by atoms with E-state index in [0.717, 1.165) is 44.9 Å². The first-order chi connectivity index (χ1) is 13.3. The van der Waals surface area contributed by atoms with Crippen LogP contribution < -0.4 is 15.0 Å². The number of anilines is 1. The average molecular weight is 373 g/mol. The van der Waals surface area contributed by atoms with Crippen molar-refractivity contribution < 1.29 is 4.74 Å². The van der Waals surface area contributed by atoms with Crippen molar-refractivity contribution in [2.45, 2.75) is 63.5 Å². The second kappa shape index (κ2) is 9.26. The summed E-state index contributed by atoms with van der Waals surface area (Å²) in [5.41, 5.74) is 1.31. The van der Waals surface area contributed by atoms with Crippen LogP contribution in [0.2, 0.25) is 0 Å². The lowest BCUT2D eigenvalue weighted by Crippen LogP contribution is -2.61. The summed E-state index contributed by atoms with van der Waals surface area (Å²) in [6.45, 7) is 5.56. The molecule has 1 aliphatic carbocycles. The van der Waals surface area contributed by atoms with E-state index in [-0.39, 0.29) is 0 Å². The molecular formula is C22H36N4O. The smallest absolute Gasteiger partial charge is 0.119 e. The molecule has 2 heterocycles. The highest BCUT2D eigenvalue weighted by molar-refractivity contribution is 5.49. The Hall–Kier alpha value is -1.30. The lowest BCUT2D eigenvalue weighted by Gasteiger charge is -2.49. The van der Waals surface area contributed by atoms with Crippen LogP contribution in [-0.4, -0.2) is 62.1 Å². The van der Waals surface area contributed by atoms with Crippen molar-refractivity contribution in [3.63, 3.8) is 0 Å². The zero-order chi connectivity index (χ0) is 18.5. The summed E-state index contributed by atoms with van der Waals surface area (Å²) in [4.78, 5) is 8.07. The Morgan fingerprint density at radius 1 is 0.778 bits per heavy atom. The maximum Gasteiger partial charge on any atom is 0.119 e. The van der Waals surface area contributed by atoms with Crippen LogP contribution in [0.5, 0.6) is 5.75 Å². The normalized spacial score (nSPS) is 24.7. The van der Waals surface area contributed by atoms with E-state index in [1.165, 1.54) is 57.1 Å². The van der Waals surface area contributed by atoms with Crippen LogP contribution in [0.3, 0.4) is 0 Å². The van der Waals surface area contributed by atoms with Gasteiger partial charge in [-0.2, -0.15) is 0 Å². The van der Waals surface area contributed by atoms with E-state index >= 15 is 0 Å². The minimum atomic E-state index is 0.709. The molecule has 4 rings (SSSR count). The molecule has 5 heteroatoms. The molecule has 3 aliphatic rings. The van der Waals surface area contributed by atoms with Gasteiger partial charge in [0.1, 0.15) is 5.75 Å². The quantitative estimate of drug-likeness (QED) is 0.818. The Kier molecular flexibility index (Phi) is 6.53. The third-order valence-corrected chi connectivity index (χ3v) is 6.67. The molecule has 1 N–H and O–H groups in total. The Balaban J connectivity index is 1.51. The highest BCUT2D eigenvalue weighted by Gasteiger charge is 2.32. The molecule has 2 saturated heterocycles. The minimum Gasteiger partial charge on any atom is -0.497 e. The molecule has 2 aliphatic heterocycles. The third-order valence-electron chi connectivity index (χ3n) is 6.67. The number of nitrogens with zero attached hydrogens (tertiary/aromatic N) is 3. The van der Waals surface area contributed by atoms with E-state index in [4.69, 9.17) is 4.74 Å². The Bertz CT molecular complexity index is 564. The molecule has 150 valence electrons. The highest BCUT2D eigenvalue weighted by atomic mass is 16.5. The molecule has 0 bridgehead atoms. The summed E-state index contributed by atoms with van der Waals surface area (Å²) in [7, 11) is 1.74. The predicted molar refractivity (Wildman–Crippen MR) is 111 cm³/mol. The van der Waals surface area contributed by atoms with Gasteiger partial charge in [-0.05, 0) is 63.0 Å². The van der Waals surface area contributed by atoms with E-state index < -0.39 is 0 Å². The second-order valence-electron chi connectivity index (χ2n) is 8.47. The van der Waals surface area contributed by atoms with Crippen LogP contribution in [0.1, 0.15) is 51.4 Å². The fourth-order valence-corrected chi connectivity index (χ4v) is 5.02. The van der Waals surface area contributed by atoms with E-state index in [1.54, 1.807) is 7.11 Å². The third kappa shape index (κ3) is 4.76. The highest BCUT2D eigenvalue weighted by Crippen LogP contribution is 2.29. The number of rotatable bonds is 4. The van der Waals surface area contributed by atoms with E-state index in [1.807, 2.05) is 0 Å². The van der Waals surface area contributed by atoms with Gasteiger partial charge >= 0.3 is 0 Å². The van der Waals surface area contributed by atoms with Crippen molar-refractivity contribution in [1.29, 1.82) is 0 Å². The molecule has 1 aromatic rings. The number of hydrogen-bond donors (Lipinski definition) is 1. The van der Waals surface area contributed by atoms with Crippen molar-refractivity contribution in [2.75, 3.05) is 45.1 Å². The second-order valence-corrected chi connectivity index (χ2v) is 8.47. The molecule has 5 nitrogen and oxygen atoms in total. The fraction of sp³-hybridized carbons (Fsp3) is 0.727. The maximum atomic E-state index is 5.36. The number of ether oxygens (including phenoxy) is 1. The standard InChI is InChI=1S/C22H36N4O/c1-27-22-10-8-20(9-11-22)25-16-24(19-6-4-2-3-5-7-19)17-26(18-25)21-12-14-23-15-13-21/h8-11,19,21,23H,2-7,12-18H2,1H3. The summed E-state index contributed by atoms with van der Waals surface area (Å²) in [5, 5.41) is 3.52. The maximum absolute atomic E-state index is 5.36.